The standard InChI is InChI=1S/C14H20O.CH2O/c1-11-10-13(8-9-14(11)15-2)12-6-4-3-5-7-12;1-2/h8-10,12H,3-7H2,1-2H3;1H2. The lowest BCUT2D eigenvalue weighted by molar-refractivity contribution is -0.0979. The highest BCUT2D eigenvalue weighted by molar-refractivity contribution is 5.37. The van der Waals surface area contributed by atoms with Gasteiger partial charge in [-0.3, -0.25) is 0 Å². The van der Waals surface area contributed by atoms with Gasteiger partial charge in [0.2, 0.25) is 0 Å². The zero-order valence-electron chi connectivity index (χ0n) is 10.9. The Bertz CT molecular complexity index is 341. The Morgan fingerprint density at radius 3 is 2.35 bits per heavy atom. The molecule has 2 nitrogen and oxygen atoms in total. The third-order valence-corrected chi connectivity index (χ3v) is 3.50. The van der Waals surface area contributed by atoms with Gasteiger partial charge in [-0.2, -0.15) is 0 Å². The minimum Gasteiger partial charge on any atom is -0.496 e. The molecule has 17 heavy (non-hydrogen) atoms. The van der Waals surface area contributed by atoms with Crippen LogP contribution in [0.3, 0.4) is 0 Å². The van der Waals surface area contributed by atoms with Crippen LogP contribution in [-0.2, 0) is 4.79 Å². The smallest absolute Gasteiger partial charge is 0.121 e. The van der Waals surface area contributed by atoms with Gasteiger partial charge in [0, 0.05) is 0 Å². The van der Waals surface area contributed by atoms with Crippen molar-refractivity contribution in [1.82, 2.24) is 0 Å². The van der Waals surface area contributed by atoms with Crippen LogP contribution in [0, 0.1) is 6.92 Å². The fourth-order valence-electron chi connectivity index (χ4n) is 2.59. The Labute approximate surface area is 104 Å². The van der Waals surface area contributed by atoms with Crippen molar-refractivity contribution in [2.45, 2.75) is 44.9 Å². The second-order valence-corrected chi connectivity index (χ2v) is 4.56. The molecule has 1 saturated carbocycles. The maximum atomic E-state index is 8.00. The molecule has 1 aliphatic carbocycles. The van der Waals surface area contributed by atoms with Crippen LogP contribution in [0.15, 0.2) is 18.2 Å². The molecule has 0 radical (unpaired) electrons. The van der Waals surface area contributed by atoms with Crippen LogP contribution in [-0.4, -0.2) is 13.9 Å². The summed E-state index contributed by atoms with van der Waals surface area (Å²) >= 11 is 0. The van der Waals surface area contributed by atoms with E-state index in [9.17, 15) is 0 Å². The van der Waals surface area contributed by atoms with Crippen molar-refractivity contribution in [3.05, 3.63) is 29.3 Å². The van der Waals surface area contributed by atoms with Gasteiger partial charge in [0.05, 0.1) is 7.11 Å². The first kappa shape index (κ1) is 13.8. The topological polar surface area (TPSA) is 26.3 Å². The summed E-state index contributed by atoms with van der Waals surface area (Å²) < 4.78 is 5.29. The van der Waals surface area contributed by atoms with Crippen molar-refractivity contribution in [1.29, 1.82) is 0 Å². The Balaban J connectivity index is 0.000000686. The molecule has 0 unspecified atom stereocenters. The Kier molecular flexibility index (Phi) is 5.75. The molecule has 1 aromatic rings. The zero-order chi connectivity index (χ0) is 12.7. The number of carbonyl (C=O) groups excluding carboxylic acids is 1. The third kappa shape index (κ3) is 3.58. The summed E-state index contributed by atoms with van der Waals surface area (Å²) in [5, 5.41) is 0. The van der Waals surface area contributed by atoms with Crippen molar-refractivity contribution >= 4 is 6.79 Å². The highest BCUT2D eigenvalue weighted by Crippen LogP contribution is 2.34. The van der Waals surface area contributed by atoms with Crippen molar-refractivity contribution in [3.63, 3.8) is 0 Å². The van der Waals surface area contributed by atoms with E-state index in [-0.39, 0.29) is 0 Å². The Hall–Kier alpha value is -1.31. The van der Waals surface area contributed by atoms with Crippen LogP contribution in [0.1, 0.15) is 49.1 Å². The van der Waals surface area contributed by atoms with Crippen LogP contribution >= 0.6 is 0 Å². The molecule has 0 spiro atoms. The fourth-order valence-corrected chi connectivity index (χ4v) is 2.59. The maximum Gasteiger partial charge on any atom is 0.121 e. The van der Waals surface area contributed by atoms with E-state index < -0.39 is 0 Å². The fraction of sp³-hybridized carbons (Fsp3) is 0.533. The first-order valence-electron chi connectivity index (χ1n) is 6.24. The molecule has 94 valence electrons. The van der Waals surface area contributed by atoms with Crippen LogP contribution in [0.5, 0.6) is 5.75 Å². The molecule has 2 rings (SSSR count). The molecule has 0 aliphatic heterocycles. The van der Waals surface area contributed by atoms with Gasteiger partial charge in [-0.15, -0.1) is 0 Å². The summed E-state index contributed by atoms with van der Waals surface area (Å²) in [5.74, 6) is 1.80. The van der Waals surface area contributed by atoms with Gasteiger partial charge >= 0.3 is 0 Å². The number of carbonyl (C=O) groups is 1. The minimum atomic E-state index is 0.795. The lowest BCUT2D eigenvalue weighted by atomic mass is 9.83. The number of methoxy groups -OCH3 is 1. The maximum absolute atomic E-state index is 8.00. The number of hydrogen-bond acceptors (Lipinski definition) is 2. The minimum absolute atomic E-state index is 0.795. The molecular weight excluding hydrogens is 212 g/mol. The second-order valence-electron chi connectivity index (χ2n) is 4.56. The van der Waals surface area contributed by atoms with Gasteiger partial charge < -0.3 is 9.53 Å². The zero-order valence-corrected chi connectivity index (χ0v) is 10.9. The monoisotopic (exact) mass is 234 g/mol. The summed E-state index contributed by atoms with van der Waals surface area (Å²) in [5.41, 5.74) is 2.77. The van der Waals surface area contributed by atoms with Crippen molar-refractivity contribution in [2.75, 3.05) is 7.11 Å². The second kappa shape index (κ2) is 7.10. The van der Waals surface area contributed by atoms with Crippen LogP contribution in [0.2, 0.25) is 0 Å². The Morgan fingerprint density at radius 2 is 1.82 bits per heavy atom. The van der Waals surface area contributed by atoms with E-state index in [0.717, 1.165) is 11.7 Å². The molecule has 0 bridgehead atoms. The number of rotatable bonds is 2. The van der Waals surface area contributed by atoms with Crippen molar-refractivity contribution in [2.24, 2.45) is 0 Å². The van der Waals surface area contributed by atoms with E-state index in [1.807, 2.05) is 6.79 Å². The predicted octanol–water partition coefficient (Wildman–Crippen LogP) is 3.87. The first-order chi connectivity index (χ1) is 8.31. The highest BCUT2D eigenvalue weighted by atomic mass is 16.5. The molecule has 1 fully saturated rings. The van der Waals surface area contributed by atoms with Crippen molar-refractivity contribution in [3.8, 4) is 5.75 Å². The molecule has 2 heteroatoms. The molecule has 1 aliphatic rings. The molecule has 0 saturated heterocycles. The highest BCUT2D eigenvalue weighted by Gasteiger charge is 2.15. The molecule has 0 N–H and O–H groups in total. The quantitative estimate of drug-likeness (QED) is 0.776. The molecular formula is C15H22O2. The number of ether oxygens (including phenoxy) is 1. The van der Waals surface area contributed by atoms with E-state index in [4.69, 9.17) is 9.53 Å². The summed E-state index contributed by atoms with van der Waals surface area (Å²) in [6.45, 7) is 4.13. The third-order valence-electron chi connectivity index (χ3n) is 3.50. The summed E-state index contributed by atoms with van der Waals surface area (Å²) in [6, 6.07) is 6.65. The van der Waals surface area contributed by atoms with Gasteiger partial charge in [0.15, 0.2) is 0 Å². The van der Waals surface area contributed by atoms with Crippen LogP contribution in [0.4, 0.5) is 0 Å². The van der Waals surface area contributed by atoms with E-state index in [0.29, 0.717) is 0 Å². The van der Waals surface area contributed by atoms with Crippen LogP contribution < -0.4 is 4.74 Å². The van der Waals surface area contributed by atoms with Gasteiger partial charge in [-0.25, -0.2) is 0 Å². The SMILES string of the molecule is C=O.COc1ccc(C2CCCCC2)cc1C. The van der Waals surface area contributed by atoms with E-state index in [2.05, 4.69) is 25.1 Å². The molecule has 1 aromatic carbocycles. The number of aryl methyl sites for hydroxylation is 1. The average molecular weight is 234 g/mol. The molecule has 0 atom stereocenters. The lowest BCUT2D eigenvalue weighted by Crippen LogP contribution is -2.04. The number of hydrogen-bond donors (Lipinski definition) is 0. The first-order valence-corrected chi connectivity index (χ1v) is 6.24. The van der Waals surface area contributed by atoms with E-state index in [1.54, 1.807) is 7.11 Å². The van der Waals surface area contributed by atoms with Gasteiger partial charge in [0.25, 0.3) is 0 Å². The van der Waals surface area contributed by atoms with Gasteiger partial charge in [-0.1, -0.05) is 31.4 Å². The van der Waals surface area contributed by atoms with E-state index >= 15 is 0 Å². The largest absolute Gasteiger partial charge is 0.496 e. The average Bonchev–Trinajstić information content (AvgIpc) is 2.42. The molecule has 0 heterocycles. The van der Waals surface area contributed by atoms with Gasteiger partial charge in [-0.05, 0) is 42.9 Å². The lowest BCUT2D eigenvalue weighted by Gasteiger charge is -2.22. The predicted molar refractivity (Wildman–Crippen MR) is 70.7 cm³/mol. The molecule has 0 aromatic heterocycles. The van der Waals surface area contributed by atoms with E-state index in [1.165, 1.54) is 43.2 Å². The van der Waals surface area contributed by atoms with Crippen molar-refractivity contribution < 1.29 is 9.53 Å². The summed E-state index contributed by atoms with van der Waals surface area (Å²) in [6.07, 6.45) is 6.95. The normalized spacial score (nSPS) is 15.9. The Morgan fingerprint density at radius 1 is 1.18 bits per heavy atom. The summed E-state index contributed by atoms with van der Waals surface area (Å²) in [4.78, 5) is 8.00. The number of benzene rings is 1. The summed E-state index contributed by atoms with van der Waals surface area (Å²) in [7, 11) is 1.74. The van der Waals surface area contributed by atoms with Gasteiger partial charge in [0.1, 0.15) is 12.5 Å². The van der Waals surface area contributed by atoms with Crippen LogP contribution in [0.25, 0.3) is 0 Å². The molecule has 0 amide bonds.